The van der Waals surface area contributed by atoms with Crippen molar-refractivity contribution in [2.45, 2.75) is 52.5 Å². The molecule has 3 heteroatoms. The smallest absolute Gasteiger partial charge is 0.0950 e. The Hall–Kier alpha value is -1.58. The number of nitrogens with one attached hydrogen (secondary N) is 1. The first-order valence-corrected chi connectivity index (χ1v) is 7.41. The van der Waals surface area contributed by atoms with Crippen molar-refractivity contribution in [3.05, 3.63) is 58.5 Å². The van der Waals surface area contributed by atoms with Crippen LogP contribution in [0.3, 0.4) is 0 Å². The van der Waals surface area contributed by atoms with Crippen LogP contribution in [0.5, 0.6) is 0 Å². The average molecular weight is 286 g/mol. The molecular formula is C18H26N2O. The zero-order chi connectivity index (χ0) is 15.6. The molecule has 0 aliphatic carbocycles. The molecule has 0 bridgehead atoms. The molecule has 0 aliphatic rings. The summed E-state index contributed by atoms with van der Waals surface area (Å²) < 4.78 is 5.16. The van der Waals surface area contributed by atoms with Crippen molar-refractivity contribution in [2.24, 2.45) is 5.84 Å². The minimum atomic E-state index is 0.0710. The summed E-state index contributed by atoms with van der Waals surface area (Å²) in [5.41, 5.74) is 9.52. The van der Waals surface area contributed by atoms with E-state index in [1.165, 1.54) is 22.3 Å². The van der Waals surface area contributed by atoms with Gasteiger partial charge >= 0.3 is 0 Å². The molecule has 1 aromatic carbocycles. The lowest BCUT2D eigenvalue weighted by molar-refractivity contribution is 0.524. The number of hydrazine groups is 1. The summed E-state index contributed by atoms with van der Waals surface area (Å²) in [6.07, 6.45) is 4.29. The highest BCUT2D eigenvalue weighted by molar-refractivity contribution is 5.41. The molecular weight excluding hydrogens is 260 g/mol. The van der Waals surface area contributed by atoms with Crippen LogP contribution in [0.15, 0.2) is 35.1 Å². The fourth-order valence-electron chi connectivity index (χ4n) is 2.70. The van der Waals surface area contributed by atoms with Crippen LogP contribution in [0.2, 0.25) is 0 Å². The minimum absolute atomic E-state index is 0.0710. The Kier molecular flexibility index (Phi) is 4.55. The van der Waals surface area contributed by atoms with Gasteiger partial charge < -0.3 is 4.42 Å². The van der Waals surface area contributed by atoms with Gasteiger partial charge in [0.25, 0.3) is 0 Å². The van der Waals surface area contributed by atoms with Gasteiger partial charge in [0.1, 0.15) is 0 Å². The largest absolute Gasteiger partial charge is 0.472 e. The molecule has 0 fully saturated rings. The summed E-state index contributed by atoms with van der Waals surface area (Å²) in [7, 11) is 0. The monoisotopic (exact) mass is 286 g/mol. The van der Waals surface area contributed by atoms with Crippen LogP contribution < -0.4 is 11.3 Å². The van der Waals surface area contributed by atoms with Gasteiger partial charge in [-0.05, 0) is 54.0 Å². The van der Waals surface area contributed by atoms with E-state index in [4.69, 9.17) is 10.3 Å². The number of furan rings is 1. The van der Waals surface area contributed by atoms with Crippen LogP contribution in [0.25, 0.3) is 0 Å². The molecule has 1 atom stereocenters. The Morgan fingerprint density at radius 3 is 2.24 bits per heavy atom. The Bertz CT molecular complexity index is 571. The van der Waals surface area contributed by atoms with Gasteiger partial charge in [-0.15, -0.1) is 0 Å². The third-order valence-corrected chi connectivity index (χ3v) is 4.12. The van der Waals surface area contributed by atoms with Gasteiger partial charge in [-0.25, -0.2) is 0 Å². The first-order chi connectivity index (χ1) is 9.82. The Morgan fingerprint density at radius 2 is 1.81 bits per heavy atom. The molecule has 3 nitrogen and oxygen atoms in total. The van der Waals surface area contributed by atoms with E-state index < -0.39 is 0 Å². The highest BCUT2D eigenvalue weighted by Crippen LogP contribution is 2.29. The molecule has 0 aliphatic heterocycles. The van der Waals surface area contributed by atoms with Crippen molar-refractivity contribution >= 4 is 0 Å². The zero-order valence-corrected chi connectivity index (χ0v) is 13.7. The molecule has 0 amide bonds. The third kappa shape index (κ3) is 3.55. The number of hydrogen-bond acceptors (Lipinski definition) is 3. The van der Waals surface area contributed by atoms with E-state index in [0.29, 0.717) is 0 Å². The van der Waals surface area contributed by atoms with Gasteiger partial charge in [0.15, 0.2) is 0 Å². The molecule has 2 rings (SSSR count). The summed E-state index contributed by atoms with van der Waals surface area (Å²) in [4.78, 5) is 0. The maximum Gasteiger partial charge on any atom is 0.0950 e. The van der Waals surface area contributed by atoms with Gasteiger partial charge in [0.05, 0.1) is 18.6 Å². The van der Waals surface area contributed by atoms with E-state index in [1.54, 1.807) is 12.5 Å². The Balaban J connectivity index is 2.32. The zero-order valence-electron chi connectivity index (χ0n) is 13.7. The lowest BCUT2D eigenvalue weighted by Gasteiger charge is -2.24. The van der Waals surface area contributed by atoms with Crippen LogP contribution in [-0.2, 0) is 11.8 Å². The van der Waals surface area contributed by atoms with E-state index in [0.717, 1.165) is 12.0 Å². The van der Waals surface area contributed by atoms with Crippen molar-refractivity contribution in [1.82, 2.24) is 5.43 Å². The molecule has 21 heavy (non-hydrogen) atoms. The lowest BCUT2D eigenvalue weighted by Crippen LogP contribution is -2.29. The van der Waals surface area contributed by atoms with Crippen molar-refractivity contribution in [3.8, 4) is 0 Å². The molecule has 0 radical (unpaired) electrons. The Morgan fingerprint density at radius 1 is 1.19 bits per heavy atom. The summed E-state index contributed by atoms with van der Waals surface area (Å²) in [5.74, 6) is 5.72. The van der Waals surface area contributed by atoms with Gasteiger partial charge in [0.2, 0.25) is 0 Å². The highest BCUT2D eigenvalue weighted by atomic mass is 16.3. The molecule has 114 valence electrons. The van der Waals surface area contributed by atoms with E-state index in [2.05, 4.69) is 52.2 Å². The van der Waals surface area contributed by atoms with Crippen LogP contribution in [0, 0.1) is 13.8 Å². The van der Waals surface area contributed by atoms with Crippen LogP contribution in [0.1, 0.15) is 54.6 Å². The molecule has 1 heterocycles. The molecule has 0 spiro atoms. The second-order valence-corrected chi connectivity index (χ2v) is 6.82. The average Bonchev–Trinajstić information content (AvgIpc) is 2.90. The van der Waals surface area contributed by atoms with Crippen molar-refractivity contribution in [3.63, 3.8) is 0 Å². The topological polar surface area (TPSA) is 51.2 Å². The Labute approximate surface area is 127 Å². The predicted molar refractivity (Wildman–Crippen MR) is 87.1 cm³/mol. The molecule has 0 saturated heterocycles. The second kappa shape index (κ2) is 6.04. The fourth-order valence-corrected chi connectivity index (χ4v) is 2.70. The predicted octanol–water partition coefficient (Wildman–Crippen LogP) is 3.94. The molecule has 2 aromatic rings. The molecule has 1 unspecified atom stereocenters. The molecule has 0 saturated carbocycles. The van der Waals surface area contributed by atoms with E-state index >= 15 is 0 Å². The van der Waals surface area contributed by atoms with Gasteiger partial charge in [-0.1, -0.05) is 32.9 Å². The summed E-state index contributed by atoms with van der Waals surface area (Å²) in [5, 5.41) is 0. The van der Waals surface area contributed by atoms with Crippen molar-refractivity contribution in [1.29, 1.82) is 0 Å². The van der Waals surface area contributed by atoms with Crippen LogP contribution in [0.4, 0.5) is 0 Å². The normalized spacial score (nSPS) is 13.4. The lowest BCUT2D eigenvalue weighted by atomic mass is 9.82. The maximum atomic E-state index is 5.72. The number of aryl methyl sites for hydroxylation is 2. The van der Waals surface area contributed by atoms with Crippen molar-refractivity contribution < 1.29 is 4.42 Å². The standard InChI is InChI=1S/C18H26N2O/c1-12-8-15(18(3,4)5)9-13(2)16(12)10-17(20-19)14-6-7-21-11-14/h6-9,11,17,20H,10,19H2,1-5H3. The number of rotatable bonds is 4. The highest BCUT2D eigenvalue weighted by Gasteiger charge is 2.19. The van der Waals surface area contributed by atoms with Gasteiger partial charge in [0, 0.05) is 5.56 Å². The van der Waals surface area contributed by atoms with Gasteiger partial charge in [-0.3, -0.25) is 11.3 Å². The fraction of sp³-hybridized carbons (Fsp3) is 0.444. The second-order valence-electron chi connectivity index (χ2n) is 6.82. The van der Waals surface area contributed by atoms with Crippen LogP contribution in [-0.4, -0.2) is 0 Å². The number of hydrogen-bond donors (Lipinski definition) is 2. The summed E-state index contributed by atoms with van der Waals surface area (Å²) in [6, 6.07) is 6.62. The maximum absolute atomic E-state index is 5.72. The minimum Gasteiger partial charge on any atom is -0.472 e. The number of benzene rings is 1. The summed E-state index contributed by atoms with van der Waals surface area (Å²) in [6.45, 7) is 11.1. The first-order valence-electron chi connectivity index (χ1n) is 7.41. The SMILES string of the molecule is Cc1cc(C(C)(C)C)cc(C)c1CC(NN)c1ccoc1. The van der Waals surface area contributed by atoms with Crippen molar-refractivity contribution in [2.75, 3.05) is 0 Å². The summed E-state index contributed by atoms with van der Waals surface area (Å²) >= 11 is 0. The van der Waals surface area contributed by atoms with Crippen LogP contribution >= 0.6 is 0 Å². The third-order valence-electron chi connectivity index (χ3n) is 4.12. The van der Waals surface area contributed by atoms with E-state index in [-0.39, 0.29) is 11.5 Å². The number of nitrogens with two attached hydrogens (primary N) is 1. The quantitative estimate of drug-likeness (QED) is 0.661. The van der Waals surface area contributed by atoms with E-state index in [9.17, 15) is 0 Å². The first kappa shape index (κ1) is 15.8. The van der Waals surface area contributed by atoms with Gasteiger partial charge in [-0.2, -0.15) is 0 Å². The van der Waals surface area contributed by atoms with E-state index in [1.807, 2.05) is 6.07 Å². The molecule has 3 N–H and O–H groups in total. The molecule has 1 aromatic heterocycles.